The summed E-state index contributed by atoms with van der Waals surface area (Å²) in [5, 5.41) is 14.1. The van der Waals surface area contributed by atoms with Gasteiger partial charge in [0.05, 0.1) is 18.6 Å². The molecule has 0 aromatic rings. The van der Waals surface area contributed by atoms with Crippen LogP contribution in [0.5, 0.6) is 0 Å². The van der Waals surface area contributed by atoms with E-state index in [1.165, 1.54) is 0 Å². The van der Waals surface area contributed by atoms with Crippen molar-refractivity contribution in [2.75, 3.05) is 6.61 Å². The molecular formula is C11H17NO8S. The highest BCUT2D eigenvalue weighted by Gasteiger charge is 2.68. The number of carbonyl (C=O) groups is 1. The van der Waals surface area contributed by atoms with Crippen LogP contribution in [0.15, 0.2) is 0 Å². The molecule has 6 atom stereocenters. The summed E-state index contributed by atoms with van der Waals surface area (Å²) in [5.74, 6) is -3.43. The molecule has 2 saturated heterocycles. The van der Waals surface area contributed by atoms with Crippen molar-refractivity contribution in [1.82, 2.24) is 0 Å². The zero-order chi connectivity index (χ0) is 15.6. The lowest BCUT2D eigenvalue weighted by molar-refractivity contribution is -0.334. The van der Waals surface area contributed by atoms with Crippen LogP contribution in [0.3, 0.4) is 0 Å². The molecule has 1 unspecified atom stereocenters. The predicted octanol–water partition coefficient (Wildman–Crippen LogP) is -1.18. The number of nitrogens with two attached hydrogens (primary N) is 1. The lowest BCUT2D eigenvalue weighted by atomic mass is 9.99. The van der Waals surface area contributed by atoms with Gasteiger partial charge in [-0.05, 0) is 13.8 Å². The molecule has 0 bridgehead atoms. The summed E-state index contributed by atoms with van der Waals surface area (Å²) in [6.45, 7) is 3.51. The minimum absolute atomic E-state index is 0.164. The van der Waals surface area contributed by atoms with Crippen LogP contribution in [0.1, 0.15) is 13.8 Å². The first-order valence-electron chi connectivity index (χ1n) is 6.50. The van der Waals surface area contributed by atoms with Crippen LogP contribution >= 0.6 is 0 Å². The summed E-state index contributed by atoms with van der Waals surface area (Å²) in [6, 6.07) is 0. The molecular weight excluding hydrogens is 306 g/mol. The van der Waals surface area contributed by atoms with E-state index in [2.05, 4.69) is 0 Å². The molecule has 3 aliphatic rings. The predicted molar refractivity (Wildman–Crippen MR) is 66.2 cm³/mol. The SMILES string of the molecule is CC1(C)OC[C@H]2O[C@@H]3C(C(=O)O)[C@@H]3[C@@H](OS(N)(=O)=O)[C@@H]2O1. The topological polar surface area (TPSA) is 134 Å². The monoisotopic (exact) mass is 323 g/mol. The molecule has 0 aromatic heterocycles. The average Bonchev–Trinajstić information content (AvgIpc) is 3.01. The molecule has 2 heterocycles. The van der Waals surface area contributed by atoms with Gasteiger partial charge in [-0.15, -0.1) is 0 Å². The summed E-state index contributed by atoms with van der Waals surface area (Å²) in [4.78, 5) is 11.2. The average molecular weight is 323 g/mol. The van der Waals surface area contributed by atoms with Gasteiger partial charge in [0.1, 0.15) is 18.3 Å². The van der Waals surface area contributed by atoms with Gasteiger partial charge in [-0.25, -0.2) is 5.14 Å². The van der Waals surface area contributed by atoms with Crippen LogP contribution in [0.4, 0.5) is 0 Å². The molecule has 21 heavy (non-hydrogen) atoms. The Balaban J connectivity index is 1.88. The summed E-state index contributed by atoms with van der Waals surface area (Å²) >= 11 is 0. The van der Waals surface area contributed by atoms with Crippen molar-refractivity contribution in [3.8, 4) is 0 Å². The zero-order valence-corrected chi connectivity index (χ0v) is 12.3. The minimum Gasteiger partial charge on any atom is -0.481 e. The molecule has 10 heteroatoms. The first-order chi connectivity index (χ1) is 9.59. The summed E-state index contributed by atoms with van der Waals surface area (Å²) < 4.78 is 44.2. The third kappa shape index (κ3) is 2.79. The van der Waals surface area contributed by atoms with Crippen LogP contribution < -0.4 is 5.14 Å². The Bertz CT molecular complexity index is 561. The lowest BCUT2D eigenvalue weighted by Gasteiger charge is -2.45. The molecule has 3 fully saturated rings. The Morgan fingerprint density at radius 1 is 1.38 bits per heavy atom. The number of carboxylic acids is 1. The standard InChI is InChI=1S/C11H17NO8S/c1-11(2)17-3-4-7(19-11)9(20-21(12,15)16)5-6(10(13)14)8(5)18-4/h4-9H,3H2,1-2H3,(H,13,14)(H2,12,15,16)/t4-,5+,6?,7-,8+,9-/m1/s1. The van der Waals surface area contributed by atoms with Crippen molar-refractivity contribution < 1.29 is 36.7 Å². The van der Waals surface area contributed by atoms with Gasteiger partial charge in [0.15, 0.2) is 5.79 Å². The van der Waals surface area contributed by atoms with E-state index in [-0.39, 0.29) is 6.61 Å². The van der Waals surface area contributed by atoms with Gasteiger partial charge in [0.25, 0.3) is 0 Å². The van der Waals surface area contributed by atoms with E-state index in [4.69, 9.17) is 28.6 Å². The van der Waals surface area contributed by atoms with E-state index < -0.39 is 58.3 Å². The molecule has 2 aliphatic heterocycles. The molecule has 120 valence electrons. The number of fused-ring (bicyclic) bond motifs is 2. The number of hydrogen-bond acceptors (Lipinski definition) is 7. The highest BCUT2D eigenvalue weighted by Crippen LogP contribution is 2.53. The zero-order valence-electron chi connectivity index (χ0n) is 11.5. The highest BCUT2D eigenvalue weighted by molar-refractivity contribution is 7.84. The molecule has 9 nitrogen and oxygen atoms in total. The number of rotatable bonds is 3. The van der Waals surface area contributed by atoms with E-state index in [0.717, 1.165) is 0 Å². The second-order valence-electron chi connectivity index (χ2n) is 5.93. The maximum Gasteiger partial charge on any atom is 0.333 e. The first-order valence-corrected chi connectivity index (χ1v) is 7.97. The minimum atomic E-state index is -4.24. The maximum atomic E-state index is 11.3. The summed E-state index contributed by atoms with van der Waals surface area (Å²) in [7, 11) is -4.24. The van der Waals surface area contributed by atoms with Crippen molar-refractivity contribution in [3.63, 3.8) is 0 Å². The summed E-state index contributed by atoms with van der Waals surface area (Å²) in [5.41, 5.74) is 0. The first kappa shape index (κ1) is 15.1. The van der Waals surface area contributed by atoms with Crippen molar-refractivity contribution >= 4 is 16.3 Å². The van der Waals surface area contributed by atoms with Gasteiger partial charge in [0, 0.05) is 5.92 Å². The Morgan fingerprint density at radius 2 is 2.05 bits per heavy atom. The van der Waals surface area contributed by atoms with E-state index >= 15 is 0 Å². The Hall–Kier alpha value is -0.780. The Labute approximate surface area is 121 Å². The van der Waals surface area contributed by atoms with Gasteiger partial charge >= 0.3 is 16.3 Å². The second kappa shape index (κ2) is 4.61. The molecule has 0 amide bonds. The third-order valence-electron chi connectivity index (χ3n) is 3.95. The van der Waals surface area contributed by atoms with Crippen LogP contribution in [0.25, 0.3) is 0 Å². The lowest BCUT2D eigenvalue weighted by Crippen LogP contribution is -2.58. The highest BCUT2D eigenvalue weighted by atomic mass is 32.2. The quantitative estimate of drug-likeness (QED) is 0.663. The van der Waals surface area contributed by atoms with Gasteiger partial charge in [-0.2, -0.15) is 8.42 Å². The van der Waals surface area contributed by atoms with Crippen molar-refractivity contribution in [3.05, 3.63) is 0 Å². The van der Waals surface area contributed by atoms with Crippen molar-refractivity contribution in [2.45, 2.75) is 44.1 Å². The second-order valence-corrected chi connectivity index (χ2v) is 7.11. The number of ether oxygens (including phenoxy) is 3. The maximum absolute atomic E-state index is 11.3. The Kier molecular flexibility index (Phi) is 3.32. The van der Waals surface area contributed by atoms with Gasteiger partial charge in [-0.3, -0.25) is 8.98 Å². The fourth-order valence-corrected chi connectivity index (χ4v) is 3.63. The fraction of sp³-hybridized carbons (Fsp3) is 0.909. The van der Waals surface area contributed by atoms with Gasteiger partial charge < -0.3 is 19.3 Å². The van der Waals surface area contributed by atoms with Crippen LogP contribution in [0, 0.1) is 11.8 Å². The summed E-state index contributed by atoms with van der Waals surface area (Å²) in [6.07, 6.45) is -2.94. The van der Waals surface area contributed by atoms with Crippen LogP contribution in [-0.2, 0) is 33.5 Å². The third-order valence-corrected chi connectivity index (χ3v) is 4.44. The van der Waals surface area contributed by atoms with Crippen molar-refractivity contribution in [2.24, 2.45) is 17.0 Å². The molecule has 3 rings (SSSR count). The van der Waals surface area contributed by atoms with Gasteiger partial charge in [0.2, 0.25) is 0 Å². The fourth-order valence-electron chi connectivity index (χ4n) is 3.08. The van der Waals surface area contributed by atoms with Crippen molar-refractivity contribution in [1.29, 1.82) is 0 Å². The normalized spacial score (nSPS) is 44.5. The molecule has 0 aromatic carbocycles. The van der Waals surface area contributed by atoms with E-state index in [1.54, 1.807) is 13.8 Å². The number of hydrogen-bond donors (Lipinski definition) is 2. The van der Waals surface area contributed by atoms with E-state index in [9.17, 15) is 13.2 Å². The Morgan fingerprint density at radius 3 is 2.62 bits per heavy atom. The molecule has 3 N–H and O–H groups in total. The largest absolute Gasteiger partial charge is 0.481 e. The smallest absolute Gasteiger partial charge is 0.333 e. The van der Waals surface area contributed by atoms with Gasteiger partial charge in [-0.1, -0.05) is 0 Å². The number of aliphatic carboxylic acids is 1. The van der Waals surface area contributed by atoms with Crippen LogP contribution in [-0.4, -0.2) is 56.3 Å². The van der Waals surface area contributed by atoms with Crippen LogP contribution in [0.2, 0.25) is 0 Å². The molecule has 0 spiro atoms. The molecule has 0 radical (unpaired) electrons. The molecule has 1 aliphatic carbocycles. The molecule has 1 saturated carbocycles. The number of carboxylic acid groups (broad SMARTS) is 1. The van der Waals surface area contributed by atoms with E-state index in [0.29, 0.717) is 0 Å². The van der Waals surface area contributed by atoms with E-state index in [1.807, 2.05) is 0 Å².